The van der Waals surface area contributed by atoms with Crippen LogP contribution in [0.2, 0.25) is 0 Å². The Morgan fingerprint density at radius 2 is 1.76 bits per heavy atom. The van der Waals surface area contributed by atoms with E-state index in [4.69, 9.17) is 4.42 Å². The van der Waals surface area contributed by atoms with Gasteiger partial charge in [-0.2, -0.15) is 0 Å². The van der Waals surface area contributed by atoms with Crippen molar-refractivity contribution >= 4 is 23.5 Å². The van der Waals surface area contributed by atoms with E-state index in [2.05, 4.69) is 15.0 Å². The van der Waals surface area contributed by atoms with Gasteiger partial charge in [0.1, 0.15) is 22.2 Å². The molecule has 0 amide bonds. The van der Waals surface area contributed by atoms with Crippen LogP contribution in [0.4, 0.5) is 0 Å². The topological polar surface area (TPSA) is 91.8 Å². The zero-order valence-corrected chi connectivity index (χ0v) is 15.3. The molecule has 0 spiro atoms. The van der Waals surface area contributed by atoms with Gasteiger partial charge in [0, 0.05) is 10.3 Å². The van der Waals surface area contributed by atoms with Crippen LogP contribution in [-0.4, -0.2) is 15.0 Å². The summed E-state index contributed by atoms with van der Waals surface area (Å²) in [5.41, 5.74) is 0.569. The molecule has 2 N–H and O–H groups in total. The highest BCUT2D eigenvalue weighted by atomic mass is 32.1. The molecule has 0 aliphatic heterocycles. The number of aromatic amines is 2. The lowest BCUT2D eigenvalue weighted by Gasteiger charge is -2.14. The van der Waals surface area contributed by atoms with Crippen LogP contribution in [0.25, 0.3) is 12.2 Å². The number of oxazole rings is 1. The molecule has 25 heavy (non-hydrogen) atoms. The van der Waals surface area contributed by atoms with Crippen molar-refractivity contribution in [1.29, 1.82) is 0 Å². The maximum Gasteiger partial charge on any atom is 0.272 e. The van der Waals surface area contributed by atoms with Gasteiger partial charge in [0.15, 0.2) is 6.39 Å². The zero-order chi connectivity index (χ0) is 18.2. The minimum atomic E-state index is -0.386. The summed E-state index contributed by atoms with van der Waals surface area (Å²) in [6.07, 6.45) is 4.55. The highest BCUT2D eigenvalue weighted by Gasteiger charge is 2.21. The van der Waals surface area contributed by atoms with Gasteiger partial charge >= 0.3 is 0 Å². The Labute approximate surface area is 147 Å². The molecule has 0 saturated heterocycles. The summed E-state index contributed by atoms with van der Waals surface area (Å²) >= 11 is 1.51. The van der Waals surface area contributed by atoms with Gasteiger partial charge in [0.05, 0.1) is 0 Å². The van der Waals surface area contributed by atoms with Gasteiger partial charge in [-0.3, -0.25) is 9.59 Å². The molecule has 3 heterocycles. The second-order valence-electron chi connectivity index (χ2n) is 6.81. The van der Waals surface area contributed by atoms with Crippen LogP contribution < -0.4 is 21.8 Å². The number of aromatic nitrogens is 3. The number of hydrogen-bond donors (Lipinski definition) is 2. The smallest absolute Gasteiger partial charge is 0.272 e. The van der Waals surface area contributed by atoms with Crippen molar-refractivity contribution in [3.05, 3.63) is 71.1 Å². The number of nitrogens with one attached hydrogen (secondary N) is 2. The predicted octanol–water partition coefficient (Wildman–Crippen LogP) is 1.38. The van der Waals surface area contributed by atoms with Crippen LogP contribution in [0.15, 0.2) is 31.8 Å². The first-order valence-electron chi connectivity index (χ1n) is 7.80. The number of H-pyrrole nitrogens is 2. The Balaban J connectivity index is 2.16. The average molecular weight is 357 g/mol. The van der Waals surface area contributed by atoms with E-state index in [1.54, 1.807) is 6.08 Å². The van der Waals surface area contributed by atoms with Crippen LogP contribution in [0.1, 0.15) is 42.7 Å². The Morgan fingerprint density at radius 1 is 1.12 bits per heavy atom. The van der Waals surface area contributed by atoms with Gasteiger partial charge < -0.3 is 14.4 Å². The first kappa shape index (κ1) is 17.2. The van der Waals surface area contributed by atoms with E-state index in [-0.39, 0.29) is 27.2 Å². The van der Waals surface area contributed by atoms with Gasteiger partial charge in [-0.05, 0) is 36.1 Å². The molecule has 0 atom stereocenters. The molecule has 0 aliphatic carbocycles. The Bertz CT molecular complexity index is 1140. The second-order valence-corrected chi connectivity index (χ2v) is 7.76. The fourth-order valence-corrected chi connectivity index (χ4v) is 3.27. The molecule has 0 fully saturated rings. The Kier molecular flexibility index (Phi) is 4.34. The summed E-state index contributed by atoms with van der Waals surface area (Å²) in [6.45, 7) is 7.91. The van der Waals surface area contributed by atoms with Crippen LogP contribution in [0, 0.1) is 6.92 Å². The summed E-state index contributed by atoms with van der Waals surface area (Å²) < 4.78 is 5.43. The largest absolute Gasteiger partial charge is 0.447 e. The first-order chi connectivity index (χ1) is 11.8. The highest BCUT2D eigenvalue weighted by Crippen LogP contribution is 2.25. The van der Waals surface area contributed by atoms with E-state index < -0.39 is 0 Å². The summed E-state index contributed by atoms with van der Waals surface area (Å²) in [7, 11) is 0. The average Bonchev–Trinajstić information content (AvgIpc) is 3.13. The fourth-order valence-electron chi connectivity index (χ4n) is 2.41. The number of nitrogens with zero attached hydrogens (tertiary/aromatic N) is 1. The molecule has 0 unspecified atom stereocenters. The lowest BCUT2D eigenvalue weighted by atomic mass is 9.92. The quantitative estimate of drug-likeness (QED) is 0.725. The zero-order valence-electron chi connectivity index (χ0n) is 14.5. The van der Waals surface area contributed by atoms with Crippen molar-refractivity contribution in [3.63, 3.8) is 0 Å². The number of aryl methyl sites for hydroxylation is 1. The summed E-state index contributed by atoms with van der Waals surface area (Å²) in [6, 6.07) is 1.96. The van der Waals surface area contributed by atoms with E-state index >= 15 is 0 Å². The van der Waals surface area contributed by atoms with E-state index in [0.717, 1.165) is 10.4 Å². The lowest BCUT2D eigenvalue weighted by Crippen LogP contribution is -2.46. The third-order valence-electron chi connectivity index (χ3n) is 3.72. The van der Waals surface area contributed by atoms with E-state index in [9.17, 15) is 9.59 Å². The van der Waals surface area contributed by atoms with E-state index in [0.29, 0.717) is 11.5 Å². The second kappa shape index (κ2) is 6.33. The van der Waals surface area contributed by atoms with Crippen LogP contribution >= 0.6 is 11.3 Å². The molecule has 0 radical (unpaired) electrons. The third-order valence-corrected chi connectivity index (χ3v) is 4.69. The molecule has 0 saturated carbocycles. The monoisotopic (exact) mass is 357 g/mol. The summed E-state index contributed by atoms with van der Waals surface area (Å²) in [5.74, 6) is 0.651. The minimum Gasteiger partial charge on any atom is -0.447 e. The predicted molar refractivity (Wildman–Crippen MR) is 98.3 cm³/mol. The van der Waals surface area contributed by atoms with Gasteiger partial charge in [-0.25, -0.2) is 4.98 Å². The third kappa shape index (κ3) is 3.56. The molecule has 7 heteroatoms. The molecule has 0 aromatic carbocycles. The maximum atomic E-state index is 12.4. The summed E-state index contributed by atoms with van der Waals surface area (Å²) in [4.78, 5) is 35.0. The van der Waals surface area contributed by atoms with Crippen molar-refractivity contribution in [2.24, 2.45) is 0 Å². The van der Waals surface area contributed by atoms with Gasteiger partial charge in [0.25, 0.3) is 11.1 Å². The Hall–Kier alpha value is -2.67. The van der Waals surface area contributed by atoms with Gasteiger partial charge in [-0.1, -0.05) is 20.8 Å². The van der Waals surface area contributed by atoms with Crippen LogP contribution in [0.5, 0.6) is 0 Å². The molecule has 3 aromatic heterocycles. The molecule has 0 aliphatic rings. The standard InChI is InChI=1S/C18H19N3O3S/c1-10-5-6-25-14(10)8-13-17(23)20-12(16(22)21-13)7-11-15(18(2,3)4)24-9-19-11/h5-9H,1-4H3,(H,20,23)(H,21,22). The van der Waals surface area contributed by atoms with E-state index in [1.165, 1.54) is 23.8 Å². The van der Waals surface area contributed by atoms with Crippen molar-refractivity contribution in [2.45, 2.75) is 33.1 Å². The number of rotatable bonds is 2. The maximum absolute atomic E-state index is 12.4. The van der Waals surface area contributed by atoms with Crippen LogP contribution in [0.3, 0.4) is 0 Å². The number of hydrogen-bond acceptors (Lipinski definition) is 5. The molecule has 3 rings (SSSR count). The fraction of sp³-hybridized carbons (Fsp3) is 0.278. The highest BCUT2D eigenvalue weighted by molar-refractivity contribution is 7.11. The Morgan fingerprint density at radius 3 is 2.32 bits per heavy atom. The first-order valence-corrected chi connectivity index (χ1v) is 8.68. The van der Waals surface area contributed by atoms with Gasteiger partial charge in [0.2, 0.25) is 0 Å². The van der Waals surface area contributed by atoms with Crippen LogP contribution in [-0.2, 0) is 5.41 Å². The SMILES string of the molecule is Cc1ccsc1C=c1[nH]c(=O)c(=Cc2ncoc2C(C)(C)C)[nH]c1=O. The normalized spacial score (nSPS) is 13.6. The molecule has 0 bridgehead atoms. The molecule has 3 aromatic rings. The number of thiophene rings is 1. The minimum absolute atomic E-state index is 0.143. The summed E-state index contributed by atoms with van der Waals surface area (Å²) in [5, 5.41) is 2.31. The van der Waals surface area contributed by atoms with Crippen molar-refractivity contribution in [1.82, 2.24) is 15.0 Å². The van der Waals surface area contributed by atoms with Crippen molar-refractivity contribution in [3.8, 4) is 0 Å². The van der Waals surface area contributed by atoms with E-state index in [1.807, 2.05) is 39.1 Å². The molecule has 130 valence electrons. The molecular weight excluding hydrogens is 338 g/mol. The van der Waals surface area contributed by atoms with Gasteiger partial charge in [-0.15, -0.1) is 11.3 Å². The lowest BCUT2D eigenvalue weighted by molar-refractivity contribution is 0.407. The van der Waals surface area contributed by atoms with Crippen molar-refractivity contribution < 1.29 is 4.42 Å². The molecular formula is C18H19N3O3S. The van der Waals surface area contributed by atoms with Crippen molar-refractivity contribution in [2.75, 3.05) is 0 Å². The molecule has 6 nitrogen and oxygen atoms in total.